The lowest BCUT2D eigenvalue weighted by atomic mass is 10.1. The van der Waals surface area contributed by atoms with Gasteiger partial charge < -0.3 is 4.98 Å². The average molecular weight is 152 g/mol. The van der Waals surface area contributed by atoms with Crippen LogP contribution in [0.2, 0.25) is 0 Å². The molecule has 0 aliphatic rings. The fourth-order valence-electron chi connectivity index (χ4n) is 1.24. The summed E-state index contributed by atoms with van der Waals surface area (Å²) in [4.78, 5) is 7.41. The van der Waals surface area contributed by atoms with Gasteiger partial charge in [0.15, 0.2) is 0 Å². The van der Waals surface area contributed by atoms with Crippen LogP contribution in [0.3, 0.4) is 0 Å². The van der Waals surface area contributed by atoms with E-state index < -0.39 is 0 Å². The van der Waals surface area contributed by atoms with Gasteiger partial charge in [-0.3, -0.25) is 0 Å². The molecular formula is C9H16N2. The van der Waals surface area contributed by atoms with Crippen molar-refractivity contribution in [3.63, 3.8) is 0 Å². The summed E-state index contributed by atoms with van der Waals surface area (Å²) in [6.45, 7) is 6.58. The van der Waals surface area contributed by atoms with Crippen molar-refractivity contribution < 1.29 is 0 Å². The molecule has 1 rings (SSSR count). The van der Waals surface area contributed by atoms with Crippen LogP contribution >= 0.6 is 0 Å². The van der Waals surface area contributed by atoms with Gasteiger partial charge in [-0.2, -0.15) is 0 Å². The Morgan fingerprint density at radius 3 is 2.82 bits per heavy atom. The molecule has 1 N–H and O–H groups in total. The van der Waals surface area contributed by atoms with Gasteiger partial charge in [-0.05, 0) is 18.8 Å². The van der Waals surface area contributed by atoms with Gasteiger partial charge in [0, 0.05) is 5.69 Å². The Kier molecular flexibility index (Phi) is 2.69. The molecule has 0 spiro atoms. The lowest BCUT2D eigenvalue weighted by Gasteiger charge is -2.02. The molecule has 2 heteroatoms. The third-order valence-corrected chi connectivity index (χ3v) is 1.75. The van der Waals surface area contributed by atoms with E-state index in [0.717, 1.165) is 12.8 Å². The molecule has 62 valence electrons. The Morgan fingerprint density at radius 2 is 2.27 bits per heavy atom. The van der Waals surface area contributed by atoms with Crippen molar-refractivity contribution in [3.05, 3.63) is 17.7 Å². The highest BCUT2D eigenvalue weighted by Gasteiger charge is 2.04. The van der Waals surface area contributed by atoms with E-state index in [0.29, 0.717) is 5.92 Å². The van der Waals surface area contributed by atoms with Crippen LogP contribution in [0.25, 0.3) is 0 Å². The first kappa shape index (κ1) is 8.31. The van der Waals surface area contributed by atoms with Gasteiger partial charge in [-0.25, -0.2) is 4.98 Å². The number of imidazole rings is 1. The second-order valence-corrected chi connectivity index (χ2v) is 3.28. The fourth-order valence-corrected chi connectivity index (χ4v) is 1.24. The van der Waals surface area contributed by atoms with Crippen LogP contribution in [0.5, 0.6) is 0 Å². The van der Waals surface area contributed by atoms with E-state index in [1.54, 1.807) is 6.33 Å². The number of hydrogen-bond donors (Lipinski definition) is 1. The molecule has 1 aromatic heterocycles. The second-order valence-electron chi connectivity index (χ2n) is 3.28. The Labute approximate surface area is 68.0 Å². The zero-order valence-corrected chi connectivity index (χ0v) is 7.52. The lowest BCUT2D eigenvalue weighted by molar-refractivity contribution is 0.633. The standard InChI is InChI=1S/C9H16N2/c1-4-8-9(5-7(2)3)11-6-10-8/h6-7H,4-5H2,1-3H3,(H,10,11). The predicted molar refractivity (Wildman–Crippen MR) is 46.5 cm³/mol. The van der Waals surface area contributed by atoms with Gasteiger partial charge in [0.05, 0.1) is 12.0 Å². The summed E-state index contributed by atoms with van der Waals surface area (Å²) in [5.74, 6) is 0.709. The van der Waals surface area contributed by atoms with Crippen LogP contribution in [-0.4, -0.2) is 9.97 Å². The summed E-state index contributed by atoms with van der Waals surface area (Å²) in [6.07, 6.45) is 3.94. The Balaban J connectivity index is 2.68. The van der Waals surface area contributed by atoms with Gasteiger partial charge in [-0.1, -0.05) is 20.8 Å². The summed E-state index contributed by atoms with van der Waals surface area (Å²) < 4.78 is 0. The van der Waals surface area contributed by atoms with Crippen LogP contribution in [0, 0.1) is 5.92 Å². The number of hydrogen-bond acceptors (Lipinski definition) is 1. The first-order valence-corrected chi connectivity index (χ1v) is 4.25. The molecule has 0 aromatic carbocycles. The molecule has 1 heterocycles. The van der Waals surface area contributed by atoms with Crippen LogP contribution in [0.15, 0.2) is 6.33 Å². The highest BCUT2D eigenvalue weighted by Crippen LogP contribution is 2.09. The predicted octanol–water partition coefficient (Wildman–Crippen LogP) is 2.17. The van der Waals surface area contributed by atoms with E-state index in [9.17, 15) is 0 Å². The summed E-state index contributed by atoms with van der Waals surface area (Å²) in [5.41, 5.74) is 2.53. The minimum atomic E-state index is 0.709. The van der Waals surface area contributed by atoms with Crippen molar-refractivity contribution >= 4 is 0 Å². The molecule has 0 fully saturated rings. The maximum Gasteiger partial charge on any atom is 0.0925 e. The molecule has 0 unspecified atom stereocenters. The molecule has 0 radical (unpaired) electrons. The lowest BCUT2D eigenvalue weighted by Crippen LogP contribution is -1.97. The second kappa shape index (κ2) is 3.56. The highest BCUT2D eigenvalue weighted by atomic mass is 14.9. The maximum atomic E-state index is 4.23. The highest BCUT2D eigenvalue weighted by molar-refractivity contribution is 5.11. The Bertz CT molecular complexity index is 213. The fraction of sp³-hybridized carbons (Fsp3) is 0.667. The number of H-pyrrole nitrogens is 1. The SMILES string of the molecule is CCc1nc[nH]c1CC(C)C. The van der Waals surface area contributed by atoms with E-state index in [1.807, 2.05) is 0 Å². The van der Waals surface area contributed by atoms with Gasteiger partial charge in [0.2, 0.25) is 0 Å². The van der Waals surface area contributed by atoms with Crippen molar-refractivity contribution in [1.82, 2.24) is 9.97 Å². The molecule has 0 aliphatic carbocycles. The zero-order valence-electron chi connectivity index (χ0n) is 7.52. The number of aryl methyl sites for hydroxylation is 1. The van der Waals surface area contributed by atoms with Crippen molar-refractivity contribution in [2.45, 2.75) is 33.6 Å². The third-order valence-electron chi connectivity index (χ3n) is 1.75. The molecule has 0 saturated heterocycles. The Hall–Kier alpha value is -0.790. The minimum Gasteiger partial charge on any atom is -0.348 e. The largest absolute Gasteiger partial charge is 0.348 e. The topological polar surface area (TPSA) is 28.7 Å². The van der Waals surface area contributed by atoms with Crippen molar-refractivity contribution in [2.24, 2.45) is 5.92 Å². The van der Waals surface area contributed by atoms with Crippen molar-refractivity contribution in [3.8, 4) is 0 Å². The molecule has 11 heavy (non-hydrogen) atoms. The number of aromatic amines is 1. The number of nitrogens with zero attached hydrogens (tertiary/aromatic N) is 1. The van der Waals surface area contributed by atoms with Crippen LogP contribution in [0.1, 0.15) is 32.2 Å². The average Bonchev–Trinajstić information content (AvgIpc) is 2.34. The molecule has 0 amide bonds. The van der Waals surface area contributed by atoms with E-state index in [4.69, 9.17) is 0 Å². The summed E-state index contributed by atoms with van der Waals surface area (Å²) in [5, 5.41) is 0. The monoisotopic (exact) mass is 152 g/mol. The maximum absolute atomic E-state index is 4.23. The van der Waals surface area contributed by atoms with E-state index in [1.165, 1.54) is 11.4 Å². The van der Waals surface area contributed by atoms with Gasteiger partial charge in [0.1, 0.15) is 0 Å². The normalized spacial score (nSPS) is 10.9. The zero-order chi connectivity index (χ0) is 8.27. The van der Waals surface area contributed by atoms with Gasteiger partial charge in [-0.15, -0.1) is 0 Å². The molecule has 1 aromatic rings. The summed E-state index contributed by atoms with van der Waals surface area (Å²) in [6, 6.07) is 0. The van der Waals surface area contributed by atoms with Gasteiger partial charge >= 0.3 is 0 Å². The molecule has 2 nitrogen and oxygen atoms in total. The number of rotatable bonds is 3. The van der Waals surface area contributed by atoms with Gasteiger partial charge in [0.25, 0.3) is 0 Å². The number of aromatic nitrogens is 2. The van der Waals surface area contributed by atoms with Crippen LogP contribution in [0.4, 0.5) is 0 Å². The summed E-state index contributed by atoms with van der Waals surface area (Å²) >= 11 is 0. The first-order chi connectivity index (χ1) is 5.24. The smallest absolute Gasteiger partial charge is 0.0925 e. The quantitative estimate of drug-likeness (QED) is 0.706. The van der Waals surface area contributed by atoms with E-state index >= 15 is 0 Å². The Morgan fingerprint density at radius 1 is 1.55 bits per heavy atom. The molecule has 0 saturated carbocycles. The number of nitrogens with one attached hydrogen (secondary N) is 1. The van der Waals surface area contributed by atoms with Crippen molar-refractivity contribution in [2.75, 3.05) is 0 Å². The summed E-state index contributed by atoms with van der Waals surface area (Å²) in [7, 11) is 0. The molecular weight excluding hydrogens is 136 g/mol. The third kappa shape index (κ3) is 2.07. The molecule has 0 bridgehead atoms. The van der Waals surface area contributed by atoms with E-state index in [-0.39, 0.29) is 0 Å². The van der Waals surface area contributed by atoms with Crippen LogP contribution < -0.4 is 0 Å². The van der Waals surface area contributed by atoms with Crippen molar-refractivity contribution in [1.29, 1.82) is 0 Å². The molecule has 0 atom stereocenters. The first-order valence-electron chi connectivity index (χ1n) is 4.25. The van der Waals surface area contributed by atoms with E-state index in [2.05, 4.69) is 30.7 Å². The van der Waals surface area contributed by atoms with Crippen LogP contribution in [-0.2, 0) is 12.8 Å². The molecule has 0 aliphatic heterocycles. The minimum absolute atomic E-state index is 0.709.